The third kappa shape index (κ3) is 6.40. The molecule has 0 saturated carbocycles. The van der Waals surface area contributed by atoms with Gasteiger partial charge in [-0.3, -0.25) is 19.6 Å². The molecular formula is C34H28F5N5O5. The number of nitrogens with one attached hydrogen (secondary N) is 1. The first-order valence-electron chi connectivity index (χ1n) is 15.0. The van der Waals surface area contributed by atoms with Crippen LogP contribution in [0.5, 0.6) is 0 Å². The van der Waals surface area contributed by atoms with Crippen molar-refractivity contribution in [2.75, 3.05) is 31.8 Å². The van der Waals surface area contributed by atoms with E-state index in [1.807, 2.05) is 0 Å². The second-order valence-electron chi connectivity index (χ2n) is 11.4. The molecule has 1 aliphatic heterocycles. The number of benzene rings is 2. The number of nitrogens with zero attached hydrogens (tertiary/aromatic N) is 4. The maximum absolute atomic E-state index is 15.3. The molecule has 0 radical (unpaired) electrons. The molecule has 0 bridgehead atoms. The summed E-state index contributed by atoms with van der Waals surface area (Å²) >= 11 is 0. The van der Waals surface area contributed by atoms with Crippen LogP contribution >= 0.6 is 0 Å². The quantitative estimate of drug-likeness (QED) is 0.194. The number of esters is 1. The Morgan fingerprint density at radius 1 is 1.08 bits per heavy atom. The van der Waals surface area contributed by atoms with Crippen LogP contribution in [-0.2, 0) is 27.7 Å². The van der Waals surface area contributed by atoms with Gasteiger partial charge in [0, 0.05) is 60.6 Å². The van der Waals surface area contributed by atoms with E-state index in [1.54, 1.807) is 55.8 Å². The average Bonchev–Trinajstić information content (AvgIpc) is 3.08. The fourth-order valence-electron chi connectivity index (χ4n) is 6.06. The standard InChI is InChI=1S/C34H28F5N5O5/c1-43-27-7-9-40-16-19(27)12-23(32(43)46)22-6-5-18(21-4-3-8-41-30(21)22)13-26(33(47)48-2)42-31(45)29-24(35)14-20(15-25(29)36)44-10-11-49-17-28(44)34(37,38)39/h3-9,12,14-16,26,28H,10-11,13,17H2,1-2H3,(H,42,45)/t26-,28-/m0/s1. The van der Waals surface area contributed by atoms with E-state index in [9.17, 15) is 27.6 Å². The number of hydrogen-bond acceptors (Lipinski definition) is 8. The predicted molar refractivity (Wildman–Crippen MR) is 169 cm³/mol. The fraction of sp³-hybridized carbons (Fsp3) is 0.265. The highest BCUT2D eigenvalue weighted by molar-refractivity contribution is 5.99. The molecule has 1 amide bonds. The molecule has 1 fully saturated rings. The molecule has 10 nitrogen and oxygen atoms in total. The maximum atomic E-state index is 15.3. The molecule has 6 rings (SSSR count). The van der Waals surface area contributed by atoms with Gasteiger partial charge in [0.2, 0.25) is 0 Å². The molecule has 4 heterocycles. The third-order valence-electron chi connectivity index (χ3n) is 8.48. The number of anilines is 1. The van der Waals surface area contributed by atoms with Crippen LogP contribution in [-0.4, -0.2) is 71.5 Å². The molecule has 1 aliphatic rings. The van der Waals surface area contributed by atoms with Gasteiger partial charge >= 0.3 is 12.1 Å². The molecule has 0 spiro atoms. The lowest BCUT2D eigenvalue weighted by molar-refractivity contribution is -0.167. The van der Waals surface area contributed by atoms with Crippen LogP contribution in [0.25, 0.3) is 32.9 Å². The second-order valence-corrected chi connectivity index (χ2v) is 11.4. The van der Waals surface area contributed by atoms with E-state index in [2.05, 4.69) is 15.3 Å². The van der Waals surface area contributed by atoms with Crippen molar-refractivity contribution in [3.63, 3.8) is 0 Å². The molecule has 2 atom stereocenters. The normalized spacial score (nSPS) is 15.7. The van der Waals surface area contributed by atoms with Crippen LogP contribution in [0.15, 0.2) is 71.9 Å². The Morgan fingerprint density at radius 3 is 2.55 bits per heavy atom. The Bertz CT molecular complexity index is 2130. The van der Waals surface area contributed by atoms with Gasteiger partial charge in [0.25, 0.3) is 11.5 Å². The van der Waals surface area contributed by atoms with Crippen molar-refractivity contribution in [1.82, 2.24) is 19.9 Å². The highest BCUT2D eigenvalue weighted by Gasteiger charge is 2.46. The zero-order valence-corrected chi connectivity index (χ0v) is 26.1. The number of aryl methyl sites for hydroxylation is 1. The summed E-state index contributed by atoms with van der Waals surface area (Å²) in [6.07, 6.45) is -0.196. The van der Waals surface area contributed by atoms with Crippen LogP contribution in [0.1, 0.15) is 15.9 Å². The van der Waals surface area contributed by atoms with Gasteiger partial charge in [-0.2, -0.15) is 13.2 Å². The maximum Gasteiger partial charge on any atom is 0.411 e. The van der Waals surface area contributed by atoms with Crippen LogP contribution in [0.3, 0.4) is 0 Å². The molecule has 5 aromatic rings. The predicted octanol–water partition coefficient (Wildman–Crippen LogP) is 4.71. The number of carbonyl (C=O) groups excluding carboxylic acids is 2. The minimum absolute atomic E-state index is 0.0968. The number of rotatable bonds is 7. The molecule has 0 aliphatic carbocycles. The second kappa shape index (κ2) is 13.2. The Morgan fingerprint density at radius 2 is 1.84 bits per heavy atom. The van der Waals surface area contributed by atoms with E-state index in [0.717, 1.165) is 17.4 Å². The van der Waals surface area contributed by atoms with Gasteiger partial charge < -0.3 is 24.3 Å². The summed E-state index contributed by atoms with van der Waals surface area (Å²) in [5.74, 6) is -5.09. The summed E-state index contributed by atoms with van der Waals surface area (Å²) in [5, 5.41) is 3.56. The van der Waals surface area contributed by atoms with Gasteiger partial charge in [-0.1, -0.05) is 18.2 Å². The molecule has 254 valence electrons. The minimum Gasteiger partial charge on any atom is -0.467 e. The zero-order chi connectivity index (χ0) is 35.0. The van der Waals surface area contributed by atoms with Crippen LogP contribution in [0.2, 0.25) is 0 Å². The van der Waals surface area contributed by atoms with Gasteiger partial charge in [0.15, 0.2) is 0 Å². The molecule has 49 heavy (non-hydrogen) atoms. The number of methoxy groups -OCH3 is 1. The van der Waals surface area contributed by atoms with Crippen LogP contribution < -0.4 is 15.8 Å². The molecule has 15 heteroatoms. The lowest BCUT2D eigenvalue weighted by Gasteiger charge is -2.38. The molecule has 1 saturated heterocycles. The number of aromatic nitrogens is 3. The number of ether oxygens (including phenoxy) is 2. The summed E-state index contributed by atoms with van der Waals surface area (Å²) in [6, 6.07) is 7.78. The monoisotopic (exact) mass is 681 g/mol. The largest absolute Gasteiger partial charge is 0.467 e. The van der Waals surface area contributed by atoms with Gasteiger partial charge in [0.05, 0.1) is 36.9 Å². The Balaban J connectivity index is 1.32. The number of carbonyl (C=O) groups is 2. The first-order chi connectivity index (χ1) is 23.4. The molecular weight excluding hydrogens is 653 g/mol. The van der Waals surface area contributed by atoms with Gasteiger partial charge in [0.1, 0.15) is 29.3 Å². The summed E-state index contributed by atoms with van der Waals surface area (Å²) < 4.78 is 82.6. The van der Waals surface area contributed by atoms with Crippen molar-refractivity contribution in [3.8, 4) is 11.1 Å². The fourth-order valence-corrected chi connectivity index (χ4v) is 6.06. The highest BCUT2D eigenvalue weighted by Crippen LogP contribution is 2.33. The number of morpholine rings is 1. The van der Waals surface area contributed by atoms with Gasteiger partial charge in [-0.05, 0) is 35.9 Å². The minimum atomic E-state index is -4.74. The van der Waals surface area contributed by atoms with Crippen LogP contribution in [0.4, 0.5) is 27.6 Å². The van der Waals surface area contributed by atoms with E-state index in [4.69, 9.17) is 9.47 Å². The van der Waals surface area contributed by atoms with E-state index in [-0.39, 0.29) is 25.1 Å². The molecule has 3 aromatic heterocycles. The van der Waals surface area contributed by atoms with E-state index < -0.39 is 59.6 Å². The summed E-state index contributed by atoms with van der Waals surface area (Å²) in [5.41, 5.74) is 0.660. The van der Waals surface area contributed by atoms with Gasteiger partial charge in [-0.15, -0.1) is 0 Å². The zero-order valence-electron chi connectivity index (χ0n) is 26.1. The summed E-state index contributed by atoms with van der Waals surface area (Å²) in [7, 11) is 2.72. The van der Waals surface area contributed by atoms with Crippen LogP contribution in [0, 0.1) is 11.6 Å². The molecule has 1 N–H and O–H groups in total. The smallest absolute Gasteiger partial charge is 0.411 e. The van der Waals surface area contributed by atoms with Crippen molar-refractivity contribution >= 4 is 39.4 Å². The third-order valence-corrected chi connectivity index (χ3v) is 8.48. The average molecular weight is 682 g/mol. The summed E-state index contributed by atoms with van der Waals surface area (Å²) in [6.45, 7) is -1.11. The van der Waals surface area contributed by atoms with E-state index in [0.29, 0.717) is 45.2 Å². The number of amides is 1. The first-order valence-corrected chi connectivity index (χ1v) is 15.0. The van der Waals surface area contributed by atoms with Crippen molar-refractivity contribution in [2.24, 2.45) is 7.05 Å². The Labute approximate surface area is 275 Å². The van der Waals surface area contributed by atoms with Crippen molar-refractivity contribution in [3.05, 3.63) is 100 Å². The van der Waals surface area contributed by atoms with Crippen molar-refractivity contribution in [2.45, 2.75) is 24.7 Å². The SMILES string of the molecule is COC(=O)[C@H](Cc1ccc(-c2cc3cnccc3n(C)c2=O)c2ncccc12)NC(=O)c1c(F)cc(N2CCOC[C@H]2C(F)(F)F)cc1F. The van der Waals surface area contributed by atoms with Crippen molar-refractivity contribution < 1.29 is 41.0 Å². The number of fused-ring (bicyclic) bond motifs is 2. The van der Waals surface area contributed by atoms with E-state index >= 15 is 8.78 Å². The topological polar surface area (TPSA) is 116 Å². The Kier molecular flexibility index (Phi) is 9.03. The van der Waals surface area contributed by atoms with E-state index in [1.165, 1.54) is 10.8 Å². The summed E-state index contributed by atoms with van der Waals surface area (Å²) in [4.78, 5) is 48.9. The first kappa shape index (κ1) is 33.5. The number of alkyl halides is 3. The van der Waals surface area contributed by atoms with Gasteiger partial charge in [-0.25, -0.2) is 13.6 Å². The lowest BCUT2D eigenvalue weighted by atomic mass is 9.95. The number of halogens is 5. The molecule has 0 unspecified atom stereocenters. The lowest BCUT2D eigenvalue weighted by Crippen LogP contribution is -2.53. The highest BCUT2D eigenvalue weighted by atomic mass is 19.4. The van der Waals surface area contributed by atoms with Crippen molar-refractivity contribution in [1.29, 1.82) is 0 Å². The molecule has 2 aromatic carbocycles. The Hall–Kier alpha value is -5.44. The number of pyridine rings is 3. The number of hydrogen-bond donors (Lipinski definition) is 1.